The highest BCUT2D eigenvalue weighted by molar-refractivity contribution is 6.12. The third kappa shape index (κ3) is 1.95. The van der Waals surface area contributed by atoms with E-state index in [0.717, 1.165) is 5.56 Å². The number of benzene rings is 1. The second kappa shape index (κ2) is 4.20. The number of aromatic nitrogens is 1. The Balaban J connectivity index is 1.89. The van der Waals surface area contributed by atoms with Crippen LogP contribution in [0.5, 0.6) is 0 Å². The van der Waals surface area contributed by atoms with Crippen LogP contribution >= 0.6 is 0 Å². The first-order chi connectivity index (χ1) is 9.15. The average Bonchev–Trinajstić information content (AvgIpc) is 2.95. The Kier molecular flexibility index (Phi) is 2.52. The number of non-ortho nitro benzene ring substituents is 1. The molecular weight excluding hydrogens is 244 g/mol. The number of fused-ring (bicyclic) bond motifs is 1. The molecule has 0 bridgehead atoms. The Morgan fingerprint density at radius 1 is 1.21 bits per heavy atom. The zero-order valence-electron chi connectivity index (χ0n) is 9.95. The van der Waals surface area contributed by atoms with Crippen LogP contribution in [0.1, 0.15) is 16.1 Å². The summed E-state index contributed by atoms with van der Waals surface area (Å²) in [5, 5.41) is 10.6. The van der Waals surface area contributed by atoms with E-state index in [1.807, 2.05) is 16.8 Å². The van der Waals surface area contributed by atoms with E-state index in [4.69, 9.17) is 0 Å². The molecule has 2 aromatic rings. The normalized spacial score (nSPS) is 15.8. The highest BCUT2D eigenvalue weighted by Gasteiger charge is 2.23. The van der Waals surface area contributed by atoms with Crippen molar-refractivity contribution in [3.8, 4) is 0 Å². The van der Waals surface area contributed by atoms with Gasteiger partial charge in [0.25, 0.3) is 5.69 Å². The lowest BCUT2D eigenvalue weighted by Crippen LogP contribution is -1.94. The lowest BCUT2D eigenvalue weighted by molar-refractivity contribution is -0.384. The Morgan fingerprint density at radius 2 is 1.95 bits per heavy atom. The topological polar surface area (TPSA) is 65.1 Å². The molecule has 0 saturated carbocycles. The van der Waals surface area contributed by atoms with E-state index in [2.05, 4.69) is 0 Å². The van der Waals surface area contributed by atoms with Crippen molar-refractivity contribution in [2.24, 2.45) is 0 Å². The van der Waals surface area contributed by atoms with E-state index in [1.54, 1.807) is 24.3 Å². The van der Waals surface area contributed by atoms with E-state index in [1.165, 1.54) is 12.1 Å². The van der Waals surface area contributed by atoms with Crippen LogP contribution < -0.4 is 0 Å². The minimum atomic E-state index is -0.441. The van der Waals surface area contributed by atoms with Crippen LogP contribution in [0.25, 0.3) is 6.08 Å². The van der Waals surface area contributed by atoms with Crippen LogP contribution in [-0.2, 0) is 6.54 Å². The number of nitrogens with zero attached hydrogens (tertiary/aromatic N) is 2. The van der Waals surface area contributed by atoms with E-state index in [0.29, 0.717) is 17.8 Å². The van der Waals surface area contributed by atoms with Gasteiger partial charge in [0.15, 0.2) is 0 Å². The number of allylic oxidation sites excluding steroid dienone is 1. The number of nitro groups is 1. The first-order valence-electron chi connectivity index (χ1n) is 5.80. The summed E-state index contributed by atoms with van der Waals surface area (Å²) in [5.41, 5.74) is 2.23. The Labute approximate surface area is 108 Å². The van der Waals surface area contributed by atoms with Gasteiger partial charge in [0, 0.05) is 23.9 Å². The van der Waals surface area contributed by atoms with Gasteiger partial charge in [0.2, 0.25) is 5.78 Å². The fraction of sp³-hybridized carbons (Fsp3) is 0.0714. The minimum Gasteiger partial charge on any atom is -0.340 e. The fourth-order valence-electron chi connectivity index (χ4n) is 2.18. The molecule has 0 saturated heterocycles. The number of hydrogen-bond donors (Lipinski definition) is 0. The van der Waals surface area contributed by atoms with Gasteiger partial charge >= 0.3 is 0 Å². The lowest BCUT2D eigenvalue weighted by atomic mass is 10.1. The number of hydrogen-bond acceptors (Lipinski definition) is 3. The van der Waals surface area contributed by atoms with Crippen LogP contribution in [0, 0.1) is 10.1 Å². The van der Waals surface area contributed by atoms with Crippen molar-refractivity contribution in [2.75, 3.05) is 0 Å². The summed E-state index contributed by atoms with van der Waals surface area (Å²) in [6.07, 6.45) is 3.64. The molecule has 1 aliphatic rings. The standard InChI is InChI=1S/C14H10N2O3/c17-14-11(9-15-7-1-2-13(14)15)8-10-3-5-12(6-4-10)16(18)19/h1-8H,9H2/b11-8+. The van der Waals surface area contributed by atoms with Gasteiger partial charge in [-0.15, -0.1) is 0 Å². The molecule has 0 N–H and O–H groups in total. The van der Waals surface area contributed by atoms with E-state index < -0.39 is 4.92 Å². The predicted octanol–water partition coefficient (Wildman–Crippen LogP) is 2.68. The number of nitro benzene ring substituents is 1. The maximum atomic E-state index is 12.0. The second-order valence-corrected chi connectivity index (χ2v) is 4.37. The summed E-state index contributed by atoms with van der Waals surface area (Å²) in [6.45, 7) is 0.554. The van der Waals surface area contributed by atoms with Crippen molar-refractivity contribution < 1.29 is 9.72 Å². The van der Waals surface area contributed by atoms with Gasteiger partial charge in [-0.05, 0) is 35.9 Å². The Bertz CT molecular complexity index is 696. The monoisotopic (exact) mass is 254 g/mol. The SMILES string of the molecule is O=C1/C(=C/c2ccc([N+](=O)[O-])cc2)Cn2cccc21. The van der Waals surface area contributed by atoms with Crippen molar-refractivity contribution in [1.82, 2.24) is 4.57 Å². The molecule has 2 heterocycles. The molecule has 5 nitrogen and oxygen atoms in total. The molecular formula is C14H10N2O3. The fourth-order valence-corrected chi connectivity index (χ4v) is 2.18. The molecule has 1 aliphatic heterocycles. The smallest absolute Gasteiger partial charge is 0.269 e. The third-order valence-corrected chi connectivity index (χ3v) is 3.14. The van der Waals surface area contributed by atoms with Crippen molar-refractivity contribution >= 4 is 17.5 Å². The summed E-state index contributed by atoms with van der Waals surface area (Å²) < 4.78 is 1.89. The first-order valence-corrected chi connectivity index (χ1v) is 5.80. The summed E-state index contributed by atoms with van der Waals surface area (Å²) in [7, 11) is 0. The quantitative estimate of drug-likeness (QED) is 0.470. The van der Waals surface area contributed by atoms with E-state index in [-0.39, 0.29) is 11.5 Å². The van der Waals surface area contributed by atoms with Crippen molar-refractivity contribution in [3.05, 3.63) is 69.5 Å². The van der Waals surface area contributed by atoms with Crippen LogP contribution in [0.4, 0.5) is 5.69 Å². The molecule has 1 aromatic carbocycles. The number of carbonyl (C=O) groups excluding carboxylic acids is 1. The number of carbonyl (C=O) groups is 1. The molecule has 0 radical (unpaired) electrons. The predicted molar refractivity (Wildman–Crippen MR) is 69.8 cm³/mol. The average molecular weight is 254 g/mol. The van der Waals surface area contributed by atoms with Crippen molar-refractivity contribution in [1.29, 1.82) is 0 Å². The van der Waals surface area contributed by atoms with E-state index in [9.17, 15) is 14.9 Å². The van der Waals surface area contributed by atoms with Crippen LogP contribution in [-0.4, -0.2) is 15.3 Å². The summed E-state index contributed by atoms with van der Waals surface area (Å²) >= 11 is 0. The minimum absolute atomic E-state index is 0.0170. The first kappa shape index (κ1) is 11.4. The molecule has 0 atom stereocenters. The third-order valence-electron chi connectivity index (χ3n) is 3.14. The zero-order chi connectivity index (χ0) is 13.4. The Hall–Kier alpha value is -2.69. The maximum absolute atomic E-state index is 12.0. The van der Waals surface area contributed by atoms with Crippen LogP contribution in [0.15, 0.2) is 48.2 Å². The molecule has 19 heavy (non-hydrogen) atoms. The lowest BCUT2D eigenvalue weighted by Gasteiger charge is -1.97. The van der Waals surface area contributed by atoms with Gasteiger partial charge in [-0.2, -0.15) is 0 Å². The van der Waals surface area contributed by atoms with Gasteiger partial charge in [0.1, 0.15) is 0 Å². The van der Waals surface area contributed by atoms with Crippen molar-refractivity contribution in [3.63, 3.8) is 0 Å². The highest BCUT2D eigenvalue weighted by Crippen LogP contribution is 2.23. The van der Waals surface area contributed by atoms with Gasteiger partial charge in [-0.3, -0.25) is 14.9 Å². The molecule has 0 aliphatic carbocycles. The second-order valence-electron chi connectivity index (χ2n) is 4.37. The molecule has 1 aromatic heterocycles. The molecule has 0 fully saturated rings. The molecule has 94 valence electrons. The Morgan fingerprint density at radius 3 is 2.58 bits per heavy atom. The number of ketones is 1. The highest BCUT2D eigenvalue weighted by atomic mass is 16.6. The van der Waals surface area contributed by atoms with Crippen LogP contribution in [0.3, 0.4) is 0 Å². The van der Waals surface area contributed by atoms with Gasteiger partial charge in [-0.1, -0.05) is 0 Å². The summed E-state index contributed by atoms with van der Waals surface area (Å²) in [4.78, 5) is 22.2. The summed E-state index contributed by atoms with van der Waals surface area (Å²) in [5.74, 6) is 0.0170. The molecule has 0 spiro atoms. The van der Waals surface area contributed by atoms with Crippen LogP contribution in [0.2, 0.25) is 0 Å². The molecule has 0 unspecified atom stereocenters. The summed E-state index contributed by atoms with van der Waals surface area (Å²) in [6, 6.07) is 9.80. The van der Waals surface area contributed by atoms with E-state index >= 15 is 0 Å². The molecule has 0 amide bonds. The number of rotatable bonds is 2. The molecule has 5 heteroatoms. The maximum Gasteiger partial charge on any atom is 0.269 e. The molecule has 3 rings (SSSR count). The largest absolute Gasteiger partial charge is 0.340 e. The van der Waals surface area contributed by atoms with Crippen molar-refractivity contribution in [2.45, 2.75) is 6.54 Å². The van der Waals surface area contributed by atoms with Gasteiger partial charge in [-0.25, -0.2) is 0 Å². The van der Waals surface area contributed by atoms with Gasteiger partial charge in [0.05, 0.1) is 17.2 Å². The zero-order valence-corrected chi connectivity index (χ0v) is 9.95. The van der Waals surface area contributed by atoms with Gasteiger partial charge < -0.3 is 4.57 Å². The number of Topliss-reactive ketones (excluding diaryl/α,β-unsaturated/α-hetero) is 1.